The molecular weight excluding hydrogens is 256 g/mol. The number of nitrogens with zero attached hydrogens (tertiary/aromatic N) is 2. The minimum atomic E-state index is -0.946. The number of hydrogen-bond acceptors (Lipinski definition) is 2. The molecule has 5 heteroatoms. The number of carboxylic acids is 1. The molecule has 20 heavy (non-hydrogen) atoms. The summed E-state index contributed by atoms with van der Waals surface area (Å²) >= 11 is 0. The molecule has 0 aliphatic rings. The normalized spacial score (nSPS) is 10.8. The summed E-state index contributed by atoms with van der Waals surface area (Å²) in [6.07, 6.45) is 3.71. The van der Waals surface area contributed by atoms with Crippen LogP contribution in [0.5, 0.6) is 0 Å². The van der Waals surface area contributed by atoms with Crippen molar-refractivity contribution in [1.29, 1.82) is 0 Å². The van der Waals surface area contributed by atoms with Crippen molar-refractivity contribution in [2.75, 3.05) is 13.1 Å². The van der Waals surface area contributed by atoms with Crippen molar-refractivity contribution in [1.82, 2.24) is 9.47 Å². The molecule has 0 saturated carbocycles. The second-order valence-corrected chi connectivity index (χ2v) is 4.94. The van der Waals surface area contributed by atoms with Crippen molar-refractivity contribution < 1.29 is 14.7 Å². The van der Waals surface area contributed by atoms with Crippen LogP contribution < -0.4 is 0 Å². The fraction of sp³-hybridized carbons (Fsp3) is 0.600. The quantitative estimate of drug-likeness (QED) is 0.795. The Balaban J connectivity index is 2.85. The van der Waals surface area contributed by atoms with Crippen LogP contribution in [0.1, 0.15) is 44.1 Å². The third kappa shape index (κ3) is 4.11. The van der Waals surface area contributed by atoms with E-state index in [-0.39, 0.29) is 12.5 Å². The Morgan fingerprint density at radius 3 is 2.45 bits per heavy atom. The Labute approximate surface area is 120 Å². The van der Waals surface area contributed by atoms with E-state index in [4.69, 9.17) is 5.11 Å². The Bertz CT molecular complexity index is 450. The molecule has 1 amide bonds. The number of aromatic nitrogens is 1. The fourth-order valence-corrected chi connectivity index (χ4v) is 2.27. The summed E-state index contributed by atoms with van der Waals surface area (Å²) in [6, 6.07) is 3.39. The summed E-state index contributed by atoms with van der Waals surface area (Å²) in [5.41, 5.74) is 0.445. The van der Waals surface area contributed by atoms with Gasteiger partial charge in [0.2, 0.25) is 0 Å². The first-order valence-corrected chi connectivity index (χ1v) is 7.19. The molecule has 0 fully saturated rings. The Hall–Kier alpha value is -1.78. The van der Waals surface area contributed by atoms with Gasteiger partial charge < -0.3 is 14.6 Å². The topological polar surface area (TPSA) is 62.5 Å². The van der Waals surface area contributed by atoms with Crippen LogP contribution in [0.15, 0.2) is 18.3 Å². The summed E-state index contributed by atoms with van der Waals surface area (Å²) in [6.45, 7) is 7.37. The zero-order valence-electron chi connectivity index (χ0n) is 12.5. The monoisotopic (exact) mass is 280 g/mol. The molecule has 0 radical (unpaired) electrons. The van der Waals surface area contributed by atoms with Crippen LogP contribution in [0.3, 0.4) is 0 Å². The van der Waals surface area contributed by atoms with Crippen molar-refractivity contribution in [3.05, 3.63) is 24.0 Å². The van der Waals surface area contributed by atoms with Crippen LogP contribution in [-0.2, 0) is 11.3 Å². The molecular formula is C15H24N2O3. The lowest BCUT2D eigenvalue weighted by Gasteiger charge is -2.25. The van der Waals surface area contributed by atoms with E-state index >= 15 is 0 Å². The predicted octanol–water partition coefficient (Wildman–Crippen LogP) is 2.47. The molecule has 0 bridgehead atoms. The largest absolute Gasteiger partial charge is 0.480 e. The van der Waals surface area contributed by atoms with Crippen molar-refractivity contribution in [3.63, 3.8) is 0 Å². The smallest absolute Gasteiger partial charge is 0.323 e. The number of carbonyl (C=O) groups excluding carboxylic acids is 1. The summed E-state index contributed by atoms with van der Waals surface area (Å²) < 4.78 is 1.49. The maximum atomic E-state index is 12.5. The highest BCUT2D eigenvalue weighted by Gasteiger charge is 2.20. The minimum absolute atomic E-state index is 0.0920. The van der Waals surface area contributed by atoms with Crippen molar-refractivity contribution >= 4 is 11.9 Å². The number of carbonyl (C=O) groups is 2. The number of hydrogen-bond donors (Lipinski definition) is 1. The summed E-state index contributed by atoms with van der Waals surface area (Å²) in [5.74, 6) is -0.550. The van der Waals surface area contributed by atoms with Crippen molar-refractivity contribution in [3.8, 4) is 0 Å². The molecule has 0 spiro atoms. The van der Waals surface area contributed by atoms with Crippen LogP contribution in [0.4, 0.5) is 0 Å². The molecule has 0 saturated heterocycles. The molecule has 1 heterocycles. The number of aliphatic carboxylic acids is 1. The lowest BCUT2D eigenvalue weighted by atomic mass is 10.0. The van der Waals surface area contributed by atoms with Gasteiger partial charge in [-0.3, -0.25) is 9.59 Å². The third-order valence-corrected chi connectivity index (χ3v) is 3.66. The third-order valence-electron chi connectivity index (χ3n) is 3.66. The van der Waals surface area contributed by atoms with Gasteiger partial charge in [0.15, 0.2) is 0 Å². The van der Waals surface area contributed by atoms with Gasteiger partial charge in [-0.25, -0.2) is 0 Å². The van der Waals surface area contributed by atoms with Gasteiger partial charge in [0.05, 0.1) is 0 Å². The van der Waals surface area contributed by atoms with E-state index in [1.807, 2.05) is 6.92 Å². The molecule has 0 aliphatic heterocycles. The van der Waals surface area contributed by atoms with E-state index in [0.29, 0.717) is 18.2 Å². The Morgan fingerprint density at radius 1 is 1.30 bits per heavy atom. The fourth-order valence-electron chi connectivity index (χ4n) is 2.27. The number of amides is 1. The first-order valence-electron chi connectivity index (χ1n) is 7.19. The van der Waals surface area contributed by atoms with E-state index in [9.17, 15) is 9.59 Å². The van der Waals surface area contributed by atoms with Gasteiger partial charge in [-0.2, -0.15) is 0 Å². The zero-order chi connectivity index (χ0) is 15.1. The molecule has 1 N–H and O–H groups in total. The highest BCUT2D eigenvalue weighted by molar-refractivity contribution is 5.93. The van der Waals surface area contributed by atoms with Gasteiger partial charge >= 0.3 is 5.97 Å². The average molecular weight is 280 g/mol. The van der Waals surface area contributed by atoms with Crippen LogP contribution >= 0.6 is 0 Å². The number of rotatable bonds is 8. The molecule has 0 atom stereocenters. The van der Waals surface area contributed by atoms with E-state index < -0.39 is 5.97 Å². The zero-order valence-corrected chi connectivity index (χ0v) is 12.5. The molecule has 0 unspecified atom stereocenters. The summed E-state index contributed by atoms with van der Waals surface area (Å²) in [5, 5.41) is 8.86. The maximum Gasteiger partial charge on any atom is 0.323 e. The van der Waals surface area contributed by atoms with E-state index in [1.54, 1.807) is 23.2 Å². The highest BCUT2D eigenvalue weighted by Crippen LogP contribution is 2.13. The Morgan fingerprint density at radius 2 is 1.95 bits per heavy atom. The van der Waals surface area contributed by atoms with Crippen molar-refractivity contribution in [2.45, 2.75) is 40.2 Å². The molecule has 5 nitrogen and oxygen atoms in total. The highest BCUT2D eigenvalue weighted by atomic mass is 16.4. The lowest BCUT2D eigenvalue weighted by Crippen LogP contribution is -2.36. The van der Waals surface area contributed by atoms with E-state index in [2.05, 4.69) is 13.8 Å². The lowest BCUT2D eigenvalue weighted by molar-refractivity contribution is -0.137. The summed E-state index contributed by atoms with van der Waals surface area (Å²) in [4.78, 5) is 25.1. The van der Waals surface area contributed by atoms with E-state index in [0.717, 1.165) is 19.4 Å². The Kier molecular flexibility index (Phi) is 6.28. The van der Waals surface area contributed by atoms with Gasteiger partial charge in [-0.1, -0.05) is 26.7 Å². The molecule has 0 aliphatic carbocycles. The predicted molar refractivity (Wildman–Crippen MR) is 77.7 cm³/mol. The average Bonchev–Trinajstić information content (AvgIpc) is 2.87. The second-order valence-electron chi connectivity index (χ2n) is 4.94. The summed E-state index contributed by atoms with van der Waals surface area (Å²) in [7, 11) is 0. The van der Waals surface area contributed by atoms with Gasteiger partial charge in [-0.05, 0) is 25.0 Å². The van der Waals surface area contributed by atoms with Gasteiger partial charge in [0.25, 0.3) is 5.91 Å². The van der Waals surface area contributed by atoms with Crippen LogP contribution in [0.25, 0.3) is 0 Å². The van der Waals surface area contributed by atoms with Crippen LogP contribution in [-0.4, -0.2) is 39.5 Å². The number of carboxylic acid groups (broad SMARTS) is 1. The van der Waals surface area contributed by atoms with E-state index in [1.165, 1.54) is 4.57 Å². The molecule has 112 valence electrons. The van der Waals surface area contributed by atoms with Crippen LogP contribution in [0.2, 0.25) is 0 Å². The maximum absolute atomic E-state index is 12.5. The molecule has 0 aromatic carbocycles. The first kappa shape index (κ1) is 16.3. The standard InChI is InChI=1S/C15H24N2O3/c1-4-12(5-2)10-16(6-3)15(20)13-8-7-9-17(13)11-14(18)19/h7-9,12H,4-6,10-11H2,1-3H3,(H,18,19). The SMILES string of the molecule is CCC(CC)CN(CC)C(=O)c1cccn1CC(=O)O. The first-order chi connectivity index (χ1) is 9.53. The molecule has 1 aromatic rings. The van der Waals surface area contributed by atoms with Gasteiger partial charge in [0.1, 0.15) is 12.2 Å². The minimum Gasteiger partial charge on any atom is -0.480 e. The van der Waals surface area contributed by atoms with Gasteiger partial charge in [-0.15, -0.1) is 0 Å². The second kappa shape index (κ2) is 7.72. The van der Waals surface area contributed by atoms with Gasteiger partial charge in [0, 0.05) is 19.3 Å². The molecule has 1 rings (SSSR count). The van der Waals surface area contributed by atoms with Crippen LogP contribution in [0, 0.1) is 5.92 Å². The van der Waals surface area contributed by atoms with Crippen molar-refractivity contribution in [2.24, 2.45) is 5.92 Å². The molecule has 1 aromatic heterocycles.